The van der Waals surface area contributed by atoms with Gasteiger partial charge in [0.25, 0.3) is 0 Å². The minimum absolute atomic E-state index is 0.330. The summed E-state index contributed by atoms with van der Waals surface area (Å²) in [6, 6.07) is 32.8. The fraction of sp³-hybridized carbons (Fsp3) is 0. The first-order valence-corrected chi connectivity index (χ1v) is 11.0. The summed E-state index contributed by atoms with van der Waals surface area (Å²) in [5.74, 6) is -0.674. The molecule has 4 aromatic carbocycles. The molecule has 0 N–H and O–H groups in total. The molecule has 2 aromatic heterocycles. The Morgan fingerprint density at radius 3 is 1.88 bits per heavy atom. The van der Waals surface area contributed by atoms with E-state index in [9.17, 15) is 8.78 Å². The number of rotatable bonds is 3. The number of pyridine rings is 2. The van der Waals surface area contributed by atoms with Crippen LogP contribution in [-0.4, -0.2) is 9.97 Å². The molecule has 4 heteroatoms. The highest BCUT2D eigenvalue weighted by Crippen LogP contribution is 2.39. The summed E-state index contributed by atoms with van der Waals surface area (Å²) in [6.45, 7) is 0. The molecule has 0 amide bonds. The van der Waals surface area contributed by atoms with E-state index in [0.29, 0.717) is 21.8 Å². The van der Waals surface area contributed by atoms with Crippen LogP contribution in [0, 0.1) is 11.6 Å². The van der Waals surface area contributed by atoms with Crippen molar-refractivity contribution >= 4 is 21.8 Å². The van der Waals surface area contributed by atoms with Crippen molar-refractivity contribution in [2.45, 2.75) is 0 Å². The zero-order valence-electron chi connectivity index (χ0n) is 18.0. The molecule has 162 valence electrons. The number of aromatic nitrogens is 2. The van der Waals surface area contributed by atoms with Crippen molar-refractivity contribution in [3.05, 3.63) is 121 Å². The van der Waals surface area contributed by atoms with Crippen molar-refractivity contribution in [2.75, 3.05) is 0 Å². The van der Waals surface area contributed by atoms with Crippen LogP contribution in [0.15, 0.2) is 109 Å². The van der Waals surface area contributed by atoms with Gasteiger partial charge < -0.3 is 0 Å². The molecule has 0 bridgehead atoms. The van der Waals surface area contributed by atoms with Crippen LogP contribution in [0.4, 0.5) is 8.78 Å². The molecule has 0 saturated heterocycles. The summed E-state index contributed by atoms with van der Waals surface area (Å²) in [6.07, 6.45) is 0. The molecule has 6 rings (SSSR count). The van der Waals surface area contributed by atoms with Crippen LogP contribution in [0.2, 0.25) is 0 Å². The number of hydrogen-bond acceptors (Lipinski definition) is 2. The lowest BCUT2D eigenvalue weighted by Crippen LogP contribution is -1.95. The Labute approximate surface area is 195 Å². The van der Waals surface area contributed by atoms with Gasteiger partial charge in [-0.25, -0.2) is 18.7 Å². The lowest BCUT2D eigenvalue weighted by molar-refractivity contribution is 0.629. The van der Waals surface area contributed by atoms with Crippen LogP contribution in [0.3, 0.4) is 0 Å². The van der Waals surface area contributed by atoms with Crippen molar-refractivity contribution in [3.8, 4) is 33.6 Å². The molecule has 0 aliphatic carbocycles. The molecule has 34 heavy (non-hydrogen) atoms. The van der Waals surface area contributed by atoms with Gasteiger partial charge in [-0.1, -0.05) is 60.7 Å². The van der Waals surface area contributed by atoms with Crippen LogP contribution >= 0.6 is 0 Å². The van der Waals surface area contributed by atoms with E-state index in [2.05, 4.69) is 0 Å². The molecule has 0 saturated carbocycles. The van der Waals surface area contributed by atoms with Gasteiger partial charge in [-0.15, -0.1) is 0 Å². The van der Waals surface area contributed by atoms with E-state index in [0.717, 1.165) is 33.6 Å². The number of halogens is 2. The molecule has 2 nitrogen and oxygen atoms in total. The van der Waals surface area contributed by atoms with Gasteiger partial charge in [-0.2, -0.15) is 0 Å². The number of benzene rings is 4. The Balaban J connectivity index is 1.73. The molecule has 0 aliphatic heterocycles. The lowest BCUT2D eigenvalue weighted by Gasteiger charge is -2.15. The Morgan fingerprint density at radius 2 is 1.15 bits per heavy atom. The monoisotopic (exact) mass is 444 g/mol. The van der Waals surface area contributed by atoms with Crippen molar-refractivity contribution in [3.63, 3.8) is 0 Å². The number of hydrogen-bond donors (Lipinski definition) is 0. The van der Waals surface area contributed by atoms with Crippen LogP contribution in [0.25, 0.3) is 55.4 Å². The molecule has 0 radical (unpaired) electrons. The lowest BCUT2D eigenvalue weighted by atomic mass is 9.93. The molecule has 0 spiro atoms. The summed E-state index contributed by atoms with van der Waals surface area (Å²) >= 11 is 0. The highest BCUT2D eigenvalue weighted by Gasteiger charge is 2.17. The van der Waals surface area contributed by atoms with Crippen LogP contribution < -0.4 is 0 Å². The summed E-state index contributed by atoms with van der Waals surface area (Å²) in [5.41, 5.74) is 6.35. The number of nitrogens with zero attached hydrogens (tertiary/aromatic N) is 2. The molecule has 0 unspecified atom stereocenters. The first kappa shape index (κ1) is 20.2. The minimum atomic E-state index is -0.343. The second-order valence-corrected chi connectivity index (χ2v) is 8.17. The van der Waals surface area contributed by atoms with E-state index >= 15 is 0 Å². The van der Waals surface area contributed by atoms with Crippen LogP contribution in [0.5, 0.6) is 0 Å². The summed E-state index contributed by atoms with van der Waals surface area (Å²) in [7, 11) is 0. The SMILES string of the molecule is Fc1ccc2nc(-c3ccccc3)c(-c3cc(-c4ccccc4)nc4ccc(F)cc34)cc2c1. The predicted octanol–water partition coefficient (Wildman–Crippen LogP) is 8.06. The zero-order valence-corrected chi connectivity index (χ0v) is 18.0. The predicted molar refractivity (Wildman–Crippen MR) is 133 cm³/mol. The van der Waals surface area contributed by atoms with E-state index in [-0.39, 0.29) is 11.6 Å². The minimum Gasteiger partial charge on any atom is -0.248 e. The van der Waals surface area contributed by atoms with E-state index in [1.165, 1.54) is 24.3 Å². The first-order chi connectivity index (χ1) is 16.7. The Kier molecular flexibility index (Phi) is 4.84. The molecule has 0 atom stereocenters. The van der Waals surface area contributed by atoms with Gasteiger partial charge in [-0.3, -0.25) is 0 Å². The van der Waals surface area contributed by atoms with Gasteiger partial charge in [0.2, 0.25) is 0 Å². The second-order valence-electron chi connectivity index (χ2n) is 8.17. The average molecular weight is 444 g/mol. The van der Waals surface area contributed by atoms with E-state index < -0.39 is 0 Å². The van der Waals surface area contributed by atoms with E-state index in [1.54, 1.807) is 12.1 Å². The van der Waals surface area contributed by atoms with Crippen LogP contribution in [0.1, 0.15) is 0 Å². The van der Waals surface area contributed by atoms with Gasteiger partial charge in [0.1, 0.15) is 11.6 Å². The van der Waals surface area contributed by atoms with Crippen molar-refractivity contribution in [1.29, 1.82) is 0 Å². The summed E-state index contributed by atoms with van der Waals surface area (Å²) in [4.78, 5) is 9.72. The topological polar surface area (TPSA) is 25.8 Å². The highest BCUT2D eigenvalue weighted by atomic mass is 19.1. The highest BCUT2D eigenvalue weighted by molar-refractivity contribution is 6.02. The average Bonchev–Trinajstić information content (AvgIpc) is 2.88. The second kappa shape index (κ2) is 8.16. The Bertz CT molecular complexity index is 1660. The molecule has 0 fully saturated rings. The Hall–Kier alpha value is -4.44. The fourth-order valence-electron chi connectivity index (χ4n) is 4.35. The van der Waals surface area contributed by atoms with Crippen molar-refractivity contribution in [1.82, 2.24) is 9.97 Å². The maximum atomic E-state index is 14.4. The molecular formula is C30H18F2N2. The first-order valence-electron chi connectivity index (χ1n) is 11.0. The third-order valence-electron chi connectivity index (χ3n) is 5.95. The van der Waals surface area contributed by atoms with Gasteiger partial charge >= 0.3 is 0 Å². The number of fused-ring (bicyclic) bond motifs is 2. The maximum absolute atomic E-state index is 14.4. The summed E-state index contributed by atoms with van der Waals surface area (Å²) in [5, 5.41) is 1.35. The smallest absolute Gasteiger partial charge is 0.123 e. The third-order valence-corrected chi connectivity index (χ3v) is 5.95. The zero-order chi connectivity index (χ0) is 23.1. The van der Waals surface area contributed by atoms with Crippen LogP contribution in [-0.2, 0) is 0 Å². The van der Waals surface area contributed by atoms with Gasteiger partial charge in [0.15, 0.2) is 0 Å². The fourth-order valence-corrected chi connectivity index (χ4v) is 4.35. The van der Waals surface area contributed by atoms with Gasteiger partial charge in [-0.05, 0) is 54.1 Å². The largest absolute Gasteiger partial charge is 0.248 e. The molecule has 6 aromatic rings. The quantitative estimate of drug-likeness (QED) is 0.276. The standard InChI is InChI=1S/C30H18F2N2/c31-22-11-13-27-21(15-22)16-26(30(34-27)20-9-5-2-6-10-20)24-18-29(19-7-3-1-4-8-19)33-28-14-12-23(32)17-25(24)28/h1-18H. The van der Waals surface area contributed by atoms with E-state index in [4.69, 9.17) is 9.97 Å². The molecule has 0 aliphatic rings. The molecule has 2 heterocycles. The third kappa shape index (κ3) is 3.59. The van der Waals surface area contributed by atoms with Crippen molar-refractivity contribution in [2.24, 2.45) is 0 Å². The Morgan fingerprint density at radius 1 is 0.500 bits per heavy atom. The normalized spacial score (nSPS) is 11.2. The van der Waals surface area contributed by atoms with Crippen molar-refractivity contribution < 1.29 is 8.78 Å². The summed E-state index contributed by atoms with van der Waals surface area (Å²) < 4.78 is 28.5. The molecular weight excluding hydrogens is 426 g/mol. The van der Waals surface area contributed by atoms with E-state index in [1.807, 2.05) is 72.8 Å². The van der Waals surface area contributed by atoms with Gasteiger partial charge in [0, 0.05) is 27.5 Å². The maximum Gasteiger partial charge on any atom is 0.123 e. The van der Waals surface area contributed by atoms with Gasteiger partial charge in [0.05, 0.1) is 22.4 Å².